The first-order valence-corrected chi connectivity index (χ1v) is 7.25. The summed E-state index contributed by atoms with van der Waals surface area (Å²) in [7, 11) is 0. The van der Waals surface area contributed by atoms with Crippen LogP contribution in [0.5, 0.6) is 0 Å². The summed E-state index contributed by atoms with van der Waals surface area (Å²) in [6.07, 6.45) is -29.3. The predicted molar refractivity (Wildman–Crippen MR) is 61.8 cm³/mol. The third-order valence-corrected chi connectivity index (χ3v) is 3.45. The van der Waals surface area contributed by atoms with E-state index in [1.165, 1.54) is 0 Å². The molecule has 3 nitrogen and oxygen atoms in total. The van der Waals surface area contributed by atoms with E-state index < -0.39 is 52.7 Å². The van der Waals surface area contributed by atoms with Crippen molar-refractivity contribution in [1.82, 2.24) is 0 Å². The van der Waals surface area contributed by atoms with Crippen molar-refractivity contribution in [1.29, 1.82) is 0 Å². The minimum atomic E-state index is -7.65. The molecule has 0 heterocycles. The average Bonchev–Trinajstić information content (AvgIpc) is 2.43. The molecule has 0 fully saturated rings. The van der Waals surface area contributed by atoms with Gasteiger partial charge in [-0.25, -0.2) is 0 Å². The van der Waals surface area contributed by atoms with E-state index in [4.69, 9.17) is 0 Å². The highest BCUT2D eigenvalue weighted by molar-refractivity contribution is 14.1. The Bertz CT molecular complexity index is 586. The minimum absolute atomic E-state index is 0.355. The summed E-state index contributed by atoms with van der Waals surface area (Å²) < 4.78 is 192. The molecule has 19 heteroatoms. The van der Waals surface area contributed by atoms with Gasteiger partial charge in [-0.15, -0.1) is 0 Å². The van der Waals surface area contributed by atoms with Crippen LogP contribution in [0.15, 0.2) is 0 Å². The highest BCUT2D eigenvalue weighted by atomic mass is 127. The SMILES string of the molecule is O=C(F)C(F)(OC(F)(F)C(F)(OC(F)(F)C(F)(F)CI)C(F)(F)F)C(F)(F)F. The zero-order valence-corrected chi connectivity index (χ0v) is 14.1. The summed E-state index contributed by atoms with van der Waals surface area (Å²) in [4.78, 5) is 9.92. The van der Waals surface area contributed by atoms with Gasteiger partial charge in [0.1, 0.15) is 0 Å². The topological polar surface area (TPSA) is 35.5 Å². The van der Waals surface area contributed by atoms with Crippen LogP contribution >= 0.6 is 22.6 Å². The Hall–Kier alpha value is -0.730. The molecule has 0 saturated heterocycles. The van der Waals surface area contributed by atoms with E-state index in [2.05, 4.69) is 0 Å². The van der Waals surface area contributed by atoms with E-state index in [9.17, 15) is 70.7 Å². The summed E-state index contributed by atoms with van der Waals surface area (Å²) in [6, 6.07) is -4.60. The van der Waals surface area contributed by atoms with E-state index in [0.717, 1.165) is 0 Å². The van der Waals surface area contributed by atoms with Gasteiger partial charge in [-0.1, -0.05) is 22.6 Å². The Morgan fingerprint density at radius 3 is 1.32 bits per heavy atom. The van der Waals surface area contributed by atoms with Crippen molar-refractivity contribution in [3.8, 4) is 0 Å². The molecule has 0 aliphatic heterocycles. The first-order valence-electron chi connectivity index (χ1n) is 5.73. The maximum Gasteiger partial charge on any atom is 0.459 e. The standard InChI is InChI=1S/C9H2F15IO3/c10-2(26)4(13,6(15,16)17)27-9(23,24)5(14,7(18,19)20)28-8(21,22)3(11,12)1-25/h1H2. The Morgan fingerprint density at radius 2 is 1.07 bits per heavy atom. The monoisotopic (exact) mass is 570 g/mol. The molecule has 0 N–H and O–H groups in total. The van der Waals surface area contributed by atoms with E-state index >= 15 is 0 Å². The molecule has 0 saturated carbocycles. The lowest BCUT2D eigenvalue weighted by atomic mass is 10.2. The summed E-state index contributed by atoms with van der Waals surface area (Å²) >= 11 is 0.355. The van der Waals surface area contributed by atoms with E-state index in [0.29, 0.717) is 22.6 Å². The van der Waals surface area contributed by atoms with Gasteiger partial charge in [-0.3, -0.25) is 14.3 Å². The van der Waals surface area contributed by atoms with Crippen LogP contribution in [0.4, 0.5) is 65.9 Å². The van der Waals surface area contributed by atoms with Crippen LogP contribution in [0.25, 0.3) is 0 Å². The number of hydrogen-bond donors (Lipinski definition) is 0. The van der Waals surface area contributed by atoms with Gasteiger partial charge in [-0.2, -0.15) is 65.9 Å². The first kappa shape index (κ1) is 27.3. The fourth-order valence-electron chi connectivity index (χ4n) is 1.06. The number of carbonyl (C=O) groups is 1. The Labute approximate surface area is 156 Å². The quantitative estimate of drug-likeness (QED) is 0.174. The smallest absolute Gasteiger partial charge is 0.263 e. The van der Waals surface area contributed by atoms with Crippen molar-refractivity contribution >= 4 is 28.6 Å². The lowest BCUT2D eigenvalue weighted by Crippen LogP contribution is -2.66. The van der Waals surface area contributed by atoms with Crippen molar-refractivity contribution in [3.05, 3.63) is 0 Å². The predicted octanol–water partition coefficient (Wildman–Crippen LogP) is 5.23. The summed E-state index contributed by atoms with van der Waals surface area (Å²) in [5.41, 5.74) is 0. The zero-order valence-electron chi connectivity index (χ0n) is 12.0. The lowest BCUT2D eigenvalue weighted by molar-refractivity contribution is -0.537. The Morgan fingerprint density at radius 1 is 0.679 bits per heavy atom. The van der Waals surface area contributed by atoms with Gasteiger partial charge in [0.2, 0.25) is 0 Å². The maximum absolute atomic E-state index is 13.6. The molecule has 168 valence electrons. The molecule has 0 aromatic heterocycles. The third kappa shape index (κ3) is 4.70. The fraction of sp³-hybridized carbons (Fsp3) is 0.889. The van der Waals surface area contributed by atoms with Crippen LogP contribution in [0.1, 0.15) is 0 Å². The highest BCUT2D eigenvalue weighted by Gasteiger charge is 2.83. The summed E-state index contributed by atoms with van der Waals surface area (Å²) in [6.45, 7) is 0. The van der Waals surface area contributed by atoms with Crippen molar-refractivity contribution in [2.75, 3.05) is 4.43 Å². The van der Waals surface area contributed by atoms with Crippen LogP contribution in [0, 0.1) is 0 Å². The molecule has 0 rings (SSSR count). The molecule has 0 bridgehead atoms. The molecule has 0 amide bonds. The van der Waals surface area contributed by atoms with Crippen LogP contribution in [-0.2, 0) is 14.3 Å². The third-order valence-electron chi connectivity index (χ3n) is 2.49. The second kappa shape index (κ2) is 7.51. The molecule has 0 aliphatic rings. The molecule has 0 radical (unpaired) electrons. The van der Waals surface area contributed by atoms with Crippen molar-refractivity contribution in [2.45, 2.75) is 42.2 Å². The lowest BCUT2D eigenvalue weighted by Gasteiger charge is -2.39. The number of halogens is 16. The molecule has 0 spiro atoms. The molecule has 2 unspecified atom stereocenters. The van der Waals surface area contributed by atoms with Gasteiger partial charge in [0.25, 0.3) is 0 Å². The molecular formula is C9H2F15IO3. The second-order valence-corrected chi connectivity index (χ2v) is 5.30. The van der Waals surface area contributed by atoms with Crippen LogP contribution in [-0.4, -0.2) is 52.7 Å². The maximum atomic E-state index is 13.6. The number of alkyl halides is 15. The normalized spacial score (nSPS) is 19.1. The molecule has 2 atom stereocenters. The van der Waals surface area contributed by atoms with Crippen LogP contribution < -0.4 is 0 Å². The first-order chi connectivity index (χ1) is 11.9. The number of rotatable bonds is 8. The fourth-order valence-corrected chi connectivity index (χ4v) is 1.51. The average molecular weight is 570 g/mol. The Balaban J connectivity index is 6.47. The van der Waals surface area contributed by atoms with Gasteiger partial charge in [-0.05, 0) is 0 Å². The van der Waals surface area contributed by atoms with Crippen molar-refractivity contribution < 1.29 is 80.1 Å². The van der Waals surface area contributed by atoms with Gasteiger partial charge in [0.05, 0.1) is 4.43 Å². The highest BCUT2D eigenvalue weighted by Crippen LogP contribution is 2.54. The van der Waals surface area contributed by atoms with E-state index in [-0.39, 0.29) is 0 Å². The summed E-state index contributed by atoms with van der Waals surface area (Å²) in [5, 5.41) is 0. The number of hydrogen-bond acceptors (Lipinski definition) is 3. The summed E-state index contributed by atoms with van der Waals surface area (Å²) in [5.74, 6) is -20.4. The molecule has 0 aromatic rings. The van der Waals surface area contributed by atoms with E-state index in [1.54, 1.807) is 9.47 Å². The van der Waals surface area contributed by atoms with E-state index in [1.807, 2.05) is 0 Å². The molecule has 28 heavy (non-hydrogen) atoms. The number of ether oxygens (including phenoxy) is 2. The van der Waals surface area contributed by atoms with Gasteiger partial charge in [0, 0.05) is 0 Å². The second-order valence-electron chi connectivity index (χ2n) is 4.54. The van der Waals surface area contributed by atoms with Crippen molar-refractivity contribution in [3.63, 3.8) is 0 Å². The van der Waals surface area contributed by atoms with Crippen LogP contribution in [0.3, 0.4) is 0 Å². The van der Waals surface area contributed by atoms with Crippen LogP contribution in [0.2, 0.25) is 0 Å². The molecule has 0 aromatic carbocycles. The van der Waals surface area contributed by atoms with Gasteiger partial charge in [0.15, 0.2) is 0 Å². The minimum Gasteiger partial charge on any atom is -0.263 e. The number of carbonyl (C=O) groups excluding carboxylic acids is 1. The van der Waals surface area contributed by atoms with Gasteiger partial charge >= 0.3 is 48.2 Å². The molecular weight excluding hydrogens is 568 g/mol. The molecule has 0 aliphatic carbocycles. The Kier molecular flexibility index (Phi) is 7.31. The van der Waals surface area contributed by atoms with Crippen molar-refractivity contribution in [2.24, 2.45) is 0 Å². The van der Waals surface area contributed by atoms with Gasteiger partial charge < -0.3 is 0 Å². The largest absolute Gasteiger partial charge is 0.459 e. The zero-order chi connectivity index (χ0) is 23.2.